The molecule has 1 aromatic carbocycles. The molecule has 28 heavy (non-hydrogen) atoms. The Kier molecular flexibility index (Phi) is 3.75. The maximum absolute atomic E-state index is 13.6. The Balaban J connectivity index is 1.52. The maximum atomic E-state index is 13.6. The molecule has 0 unspecified atom stereocenters. The van der Waals surface area contributed by atoms with E-state index in [-0.39, 0.29) is 28.5 Å². The summed E-state index contributed by atoms with van der Waals surface area (Å²) in [5.74, 6) is 0.751. The number of fused-ring (bicyclic) bond motifs is 1. The third-order valence-electron chi connectivity index (χ3n) is 7.93. The molecule has 4 aliphatic rings. The van der Waals surface area contributed by atoms with E-state index in [0.717, 1.165) is 29.9 Å². The van der Waals surface area contributed by atoms with Crippen LogP contribution >= 0.6 is 11.8 Å². The number of carbonyl (C=O) groups is 1. The number of benzene rings is 1. The Morgan fingerprint density at radius 3 is 2.61 bits per heavy atom. The standard InChI is InChI=1S/C21H26N2O3S2/c1-19(2)15-9-10-21(19)13-28(25,26)23(16(21)11-15)18(24)20(3)12-27-17(22-20)14-7-5-4-6-8-14/h4-8,15-16H,9-13H2,1-3H3/t15-,16-,20+,21-/m0/s1. The molecule has 2 saturated carbocycles. The summed E-state index contributed by atoms with van der Waals surface area (Å²) in [6.07, 6.45) is 2.78. The number of aliphatic imine (C=N–C) groups is 1. The van der Waals surface area contributed by atoms with Crippen molar-refractivity contribution in [3.8, 4) is 0 Å². The van der Waals surface area contributed by atoms with Crippen LogP contribution in [0.4, 0.5) is 0 Å². The van der Waals surface area contributed by atoms with Gasteiger partial charge in [0, 0.05) is 16.7 Å². The third kappa shape index (κ3) is 2.23. The number of nitrogens with zero attached hydrogens (tertiary/aromatic N) is 2. The van der Waals surface area contributed by atoms with E-state index in [1.54, 1.807) is 6.92 Å². The van der Waals surface area contributed by atoms with Crippen LogP contribution in [0.2, 0.25) is 0 Å². The van der Waals surface area contributed by atoms with Gasteiger partial charge in [0.1, 0.15) is 5.54 Å². The van der Waals surface area contributed by atoms with Gasteiger partial charge in [-0.3, -0.25) is 9.79 Å². The van der Waals surface area contributed by atoms with Crippen molar-refractivity contribution in [2.24, 2.45) is 21.7 Å². The molecule has 5 rings (SSSR count). The number of amides is 1. The molecule has 150 valence electrons. The van der Waals surface area contributed by atoms with Gasteiger partial charge in [-0.05, 0) is 37.5 Å². The molecule has 2 bridgehead atoms. The van der Waals surface area contributed by atoms with Crippen molar-refractivity contribution in [3.63, 3.8) is 0 Å². The van der Waals surface area contributed by atoms with Gasteiger partial charge in [0.25, 0.3) is 5.91 Å². The number of sulfonamides is 1. The molecule has 3 fully saturated rings. The van der Waals surface area contributed by atoms with Crippen molar-refractivity contribution in [1.29, 1.82) is 0 Å². The molecule has 7 heteroatoms. The van der Waals surface area contributed by atoms with Gasteiger partial charge in [-0.2, -0.15) is 0 Å². The molecule has 1 aromatic rings. The molecule has 0 N–H and O–H groups in total. The molecule has 1 saturated heterocycles. The van der Waals surface area contributed by atoms with Gasteiger partial charge >= 0.3 is 0 Å². The van der Waals surface area contributed by atoms with Gasteiger partial charge in [-0.15, -0.1) is 11.8 Å². The zero-order valence-corrected chi connectivity index (χ0v) is 18.1. The van der Waals surface area contributed by atoms with E-state index in [4.69, 9.17) is 4.99 Å². The number of hydrogen-bond acceptors (Lipinski definition) is 5. The van der Waals surface area contributed by atoms with Crippen LogP contribution in [0.25, 0.3) is 0 Å². The fraction of sp³-hybridized carbons (Fsp3) is 0.619. The second-order valence-electron chi connectivity index (χ2n) is 9.57. The van der Waals surface area contributed by atoms with Crippen LogP contribution in [0.15, 0.2) is 35.3 Å². The van der Waals surface area contributed by atoms with Crippen LogP contribution in [0.3, 0.4) is 0 Å². The lowest BCUT2D eigenvalue weighted by Gasteiger charge is -2.37. The average Bonchev–Trinajstić information content (AvgIpc) is 3.29. The third-order valence-corrected chi connectivity index (χ3v) is 11.1. The molecule has 2 aliphatic heterocycles. The second-order valence-corrected chi connectivity index (χ2v) is 12.4. The van der Waals surface area contributed by atoms with E-state index < -0.39 is 15.6 Å². The summed E-state index contributed by atoms with van der Waals surface area (Å²) < 4.78 is 27.6. The van der Waals surface area contributed by atoms with Crippen LogP contribution in [0, 0.1) is 16.7 Å². The summed E-state index contributed by atoms with van der Waals surface area (Å²) in [5.41, 5.74) is -0.379. The molecule has 1 amide bonds. The molecule has 1 spiro atoms. The molecule has 0 radical (unpaired) electrons. The molecule has 0 aromatic heterocycles. The van der Waals surface area contributed by atoms with E-state index >= 15 is 0 Å². The predicted octanol–water partition coefficient (Wildman–Crippen LogP) is 3.31. The van der Waals surface area contributed by atoms with Crippen molar-refractivity contribution in [2.45, 2.75) is 51.6 Å². The van der Waals surface area contributed by atoms with E-state index in [2.05, 4.69) is 13.8 Å². The topological polar surface area (TPSA) is 66.8 Å². The number of rotatable bonds is 2. The summed E-state index contributed by atoms with van der Waals surface area (Å²) in [5, 5.41) is 0.816. The van der Waals surface area contributed by atoms with Crippen molar-refractivity contribution >= 4 is 32.7 Å². The molecular formula is C21H26N2O3S2. The van der Waals surface area contributed by atoms with Crippen molar-refractivity contribution in [1.82, 2.24) is 4.31 Å². The first-order chi connectivity index (χ1) is 13.1. The summed E-state index contributed by atoms with van der Waals surface area (Å²) in [6, 6.07) is 9.59. The number of thioether (sulfide) groups is 1. The highest BCUT2D eigenvalue weighted by molar-refractivity contribution is 8.14. The monoisotopic (exact) mass is 418 g/mol. The zero-order chi connectivity index (χ0) is 19.9. The minimum absolute atomic E-state index is 0.0381. The lowest BCUT2D eigenvalue weighted by Crippen LogP contribution is -2.52. The Labute approximate surface area is 171 Å². The maximum Gasteiger partial charge on any atom is 0.264 e. The van der Waals surface area contributed by atoms with Gasteiger partial charge in [0.05, 0.1) is 16.8 Å². The number of hydrogen-bond donors (Lipinski definition) is 0. The molecular weight excluding hydrogens is 392 g/mol. The van der Waals surface area contributed by atoms with Crippen molar-refractivity contribution < 1.29 is 13.2 Å². The van der Waals surface area contributed by atoms with Crippen LogP contribution in [0.5, 0.6) is 0 Å². The summed E-state index contributed by atoms with van der Waals surface area (Å²) in [4.78, 5) is 18.3. The Bertz CT molecular complexity index is 988. The Morgan fingerprint density at radius 2 is 1.93 bits per heavy atom. The van der Waals surface area contributed by atoms with Gasteiger partial charge < -0.3 is 0 Å². The van der Waals surface area contributed by atoms with Gasteiger partial charge in [-0.25, -0.2) is 12.7 Å². The first-order valence-corrected chi connectivity index (χ1v) is 12.5. The largest absolute Gasteiger partial charge is 0.271 e. The van der Waals surface area contributed by atoms with Gasteiger partial charge in [0.2, 0.25) is 10.0 Å². The van der Waals surface area contributed by atoms with E-state index in [0.29, 0.717) is 11.7 Å². The average molecular weight is 419 g/mol. The Hall–Kier alpha value is -1.34. The van der Waals surface area contributed by atoms with Crippen LogP contribution in [0.1, 0.15) is 45.6 Å². The van der Waals surface area contributed by atoms with E-state index in [9.17, 15) is 13.2 Å². The minimum atomic E-state index is -3.61. The first-order valence-electron chi connectivity index (χ1n) is 9.95. The zero-order valence-electron chi connectivity index (χ0n) is 16.5. The van der Waals surface area contributed by atoms with Crippen molar-refractivity contribution in [2.75, 3.05) is 11.5 Å². The molecule has 2 aliphatic carbocycles. The van der Waals surface area contributed by atoms with E-state index in [1.165, 1.54) is 16.1 Å². The molecule has 5 nitrogen and oxygen atoms in total. The highest BCUT2D eigenvalue weighted by atomic mass is 32.2. The molecule has 4 atom stereocenters. The lowest BCUT2D eigenvalue weighted by molar-refractivity contribution is -0.133. The minimum Gasteiger partial charge on any atom is -0.271 e. The normalized spacial score (nSPS) is 39.8. The van der Waals surface area contributed by atoms with Crippen LogP contribution < -0.4 is 0 Å². The summed E-state index contributed by atoms with van der Waals surface area (Å²) in [6.45, 7) is 6.19. The lowest BCUT2D eigenvalue weighted by atomic mass is 9.69. The van der Waals surface area contributed by atoms with E-state index in [1.807, 2.05) is 30.3 Å². The SMILES string of the molecule is CC1(C)[C@H]2CC[C@@]13CS(=O)(=O)N(C(=O)[C@@]1(C)CSC(c4ccccc4)=N1)[C@H]3C2. The van der Waals surface area contributed by atoms with Crippen LogP contribution in [-0.2, 0) is 14.8 Å². The highest BCUT2D eigenvalue weighted by Gasteiger charge is 2.73. The number of carbonyl (C=O) groups excluding carboxylic acids is 1. The summed E-state index contributed by atoms with van der Waals surface area (Å²) in [7, 11) is -3.61. The summed E-state index contributed by atoms with van der Waals surface area (Å²) >= 11 is 1.54. The second kappa shape index (κ2) is 5.63. The predicted molar refractivity (Wildman–Crippen MR) is 112 cm³/mol. The first kappa shape index (κ1) is 18.7. The Morgan fingerprint density at radius 1 is 1.21 bits per heavy atom. The van der Waals surface area contributed by atoms with Gasteiger partial charge in [-0.1, -0.05) is 44.2 Å². The quantitative estimate of drug-likeness (QED) is 0.739. The highest BCUT2D eigenvalue weighted by Crippen LogP contribution is 2.70. The van der Waals surface area contributed by atoms with Gasteiger partial charge in [0.15, 0.2) is 0 Å². The smallest absolute Gasteiger partial charge is 0.264 e. The van der Waals surface area contributed by atoms with Crippen molar-refractivity contribution in [3.05, 3.63) is 35.9 Å². The fourth-order valence-corrected chi connectivity index (χ4v) is 9.93. The molecule has 2 heterocycles. The van der Waals surface area contributed by atoms with Crippen LogP contribution in [-0.4, -0.2) is 46.8 Å². The fourth-order valence-electron chi connectivity index (χ4n) is 6.13.